The van der Waals surface area contributed by atoms with Gasteiger partial charge in [-0.3, -0.25) is 10.1 Å². The van der Waals surface area contributed by atoms with Gasteiger partial charge in [0.1, 0.15) is 0 Å². The molecular weight excluding hydrogens is 232 g/mol. The van der Waals surface area contributed by atoms with E-state index in [1.165, 1.54) is 19.3 Å². The van der Waals surface area contributed by atoms with Gasteiger partial charge in [-0.15, -0.1) is 0 Å². The summed E-state index contributed by atoms with van der Waals surface area (Å²) in [4.78, 5) is 4.02. The summed E-state index contributed by atoms with van der Waals surface area (Å²) >= 11 is 5.27. The minimum absolute atomic E-state index is 0.706. The SMILES string of the molecule is S=c1[nH]nc(-c2ccncc2)n1CCC1CC1. The molecule has 0 radical (unpaired) electrons. The first-order chi connectivity index (χ1) is 8.34. The third-order valence-corrected chi connectivity index (χ3v) is 3.47. The van der Waals surface area contributed by atoms with Gasteiger partial charge in [-0.05, 0) is 36.7 Å². The van der Waals surface area contributed by atoms with Crippen molar-refractivity contribution in [3.8, 4) is 11.4 Å². The molecule has 5 heteroatoms. The second-order valence-electron chi connectivity index (χ2n) is 4.47. The molecule has 0 bridgehead atoms. The van der Waals surface area contributed by atoms with Crippen LogP contribution >= 0.6 is 12.2 Å². The minimum Gasteiger partial charge on any atom is -0.300 e. The molecule has 1 saturated carbocycles. The Hall–Kier alpha value is -1.49. The summed E-state index contributed by atoms with van der Waals surface area (Å²) in [5.41, 5.74) is 1.06. The number of hydrogen-bond donors (Lipinski definition) is 1. The highest BCUT2D eigenvalue weighted by molar-refractivity contribution is 7.71. The van der Waals surface area contributed by atoms with Crippen molar-refractivity contribution in [3.05, 3.63) is 29.3 Å². The van der Waals surface area contributed by atoms with E-state index in [1.807, 2.05) is 12.1 Å². The van der Waals surface area contributed by atoms with Crippen LogP contribution in [0.4, 0.5) is 0 Å². The van der Waals surface area contributed by atoms with Crippen LogP contribution < -0.4 is 0 Å². The lowest BCUT2D eigenvalue weighted by molar-refractivity contribution is 0.594. The molecule has 3 rings (SSSR count). The highest BCUT2D eigenvalue weighted by Gasteiger charge is 2.21. The Bertz CT molecular complexity index is 553. The van der Waals surface area contributed by atoms with Gasteiger partial charge >= 0.3 is 0 Å². The average molecular weight is 246 g/mol. The highest BCUT2D eigenvalue weighted by atomic mass is 32.1. The van der Waals surface area contributed by atoms with Gasteiger partial charge < -0.3 is 4.57 Å². The molecule has 1 aliphatic carbocycles. The first-order valence-electron chi connectivity index (χ1n) is 5.90. The summed E-state index contributed by atoms with van der Waals surface area (Å²) in [7, 11) is 0. The summed E-state index contributed by atoms with van der Waals surface area (Å²) in [6.07, 6.45) is 7.49. The van der Waals surface area contributed by atoms with Crippen LogP contribution in [0.5, 0.6) is 0 Å². The lowest BCUT2D eigenvalue weighted by atomic mass is 10.2. The predicted molar refractivity (Wildman–Crippen MR) is 68.0 cm³/mol. The Morgan fingerprint density at radius 2 is 2.12 bits per heavy atom. The second kappa shape index (κ2) is 4.41. The van der Waals surface area contributed by atoms with Crippen LogP contribution in [0.25, 0.3) is 11.4 Å². The standard InChI is InChI=1S/C12H14N4S/c17-12-15-14-11(10-3-6-13-7-4-10)16(12)8-5-9-1-2-9/h3-4,6-7,9H,1-2,5,8H2,(H,15,17). The van der Waals surface area contributed by atoms with Gasteiger partial charge in [0.2, 0.25) is 0 Å². The Morgan fingerprint density at radius 1 is 1.35 bits per heavy atom. The van der Waals surface area contributed by atoms with Crippen LogP contribution in [0.15, 0.2) is 24.5 Å². The van der Waals surface area contributed by atoms with E-state index < -0.39 is 0 Å². The number of aromatic nitrogens is 4. The highest BCUT2D eigenvalue weighted by Crippen LogP contribution is 2.33. The van der Waals surface area contributed by atoms with Gasteiger partial charge in [0.15, 0.2) is 10.6 Å². The molecular formula is C12H14N4S. The summed E-state index contributed by atoms with van der Waals surface area (Å²) in [6, 6.07) is 3.91. The van der Waals surface area contributed by atoms with Gasteiger partial charge in [-0.25, -0.2) is 0 Å². The molecule has 1 aliphatic rings. The maximum atomic E-state index is 5.27. The van der Waals surface area contributed by atoms with Crippen molar-refractivity contribution in [1.29, 1.82) is 0 Å². The zero-order valence-corrected chi connectivity index (χ0v) is 10.3. The Labute approximate surface area is 105 Å². The number of aromatic amines is 1. The van der Waals surface area contributed by atoms with E-state index in [0.717, 1.165) is 23.9 Å². The number of pyridine rings is 1. The molecule has 4 nitrogen and oxygen atoms in total. The minimum atomic E-state index is 0.706. The Balaban J connectivity index is 1.91. The molecule has 1 N–H and O–H groups in total. The first-order valence-corrected chi connectivity index (χ1v) is 6.31. The second-order valence-corrected chi connectivity index (χ2v) is 4.86. The van der Waals surface area contributed by atoms with Crippen molar-refractivity contribution in [1.82, 2.24) is 19.7 Å². The lowest BCUT2D eigenvalue weighted by Crippen LogP contribution is -2.01. The fourth-order valence-electron chi connectivity index (χ4n) is 1.96. The van der Waals surface area contributed by atoms with Gasteiger partial charge in [0.25, 0.3) is 0 Å². The van der Waals surface area contributed by atoms with E-state index in [-0.39, 0.29) is 0 Å². The van der Waals surface area contributed by atoms with Gasteiger partial charge in [-0.2, -0.15) is 5.10 Å². The predicted octanol–water partition coefficient (Wildman–Crippen LogP) is 2.80. The Morgan fingerprint density at radius 3 is 2.82 bits per heavy atom. The molecule has 0 saturated heterocycles. The van der Waals surface area contributed by atoms with Crippen LogP contribution in [-0.4, -0.2) is 19.7 Å². The maximum Gasteiger partial charge on any atom is 0.195 e. The van der Waals surface area contributed by atoms with Crippen LogP contribution in [-0.2, 0) is 6.54 Å². The van der Waals surface area contributed by atoms with Crippen LogP contribution in [0.1, 0.15) is 19.3 Å². The Kier molecular flexibility index (Phi) is 2.76. The van der Waals surface area contributed by atoms with E-state index in [4.69, 9.17) is 12.2 Å². The average Bonchev–Trinajstić information content (AvgIpc) is 3.12. The van der Waals surface area contributed by atoms with Gasteiger partial charge in [0, 0.05) is 24.5 Å². The fraction of sp³-hybridized carbons (Fsp3) is 0.417. The maximum absolute atomic E-state index is 5.27. The van der Waals surface area contributed by atoms with Crippen molar-refractivity contribution in [2.45, 2.75) is 25.8 Å². The van der Waals surface area contributed by atoms with E-state index >= 15 is 0 Å². The van der Waals surface area contributed by atoms with Crippen LogP contribution in [0.3, 0.4) is 0 Å². The zero-order chi connectivity index (χ0) is 11.7. The number of rotatable bonds is 4. The molecule has 88 valence electrons. The summed E-state index contributed by atoms with van der Waals surface area (Å²) < 4.78 is 2.79. The molecule has 0 amide bonds. The van der Waals surface area contributed by atoms with E-state index in [1.54, 1.807) is 12.4 Å². The summed E-state index contributed by atoms with van der Waals surface area (Å²) in [5, 5.41) is 7.18. The van der Waals surface area contributed by atoms with E-state index in [0.29, 0.717) is 4.77 Å². The number of nitrogens with one attached hydrogen (secondary N) is 1. The molecule has 0 unspecified atom stereocenters. The summed E-state index contributed by atoms with van der Waals surface area (Å²) in [5.74, 6) is 1.81. The van der Waals surface area contributed by atoms with Crippen LogP contribution in [0, 0.1) is 10.7 Å². The van der Waals surface area contributed by atoms with Crippen molar-refractivity contribution in [3.63, 3.8) is 0 Å². The molecule has 0 aliphatic heterocycles. The normalized spacial score (nSPS) is 15.1. The van der Waals surface area contributed by atoms with Crippen molar-refractivity contribution < 1.29 is 0 Å². The molecule has 0 spiro atoms. The van der Waals surface area contributed by atoms with Crippen molar-refractivity contribution in [2.24, 2.45) is 5.92 Å². The third-order valence-electron chi connectivity index (χ3n) is 3.15. The quantitative estimate of drug-likeness (QED) is 0.844. The molecule has 0 atom stereocenters. The lowest BCUT2D eigenvalue weighted by Gasteiger charge is -2.05. The molecule has 2 heterocycles. The zero-order valence-electron chi connectivity index (χ0n) is 9.47. The van der Waals surface area contributed by atoms with Gasteiger partial charge in [0.05, 0.1) is 0 Å². The molecule has 2 aromatic rings. The van der Waals surface area contributed by atoms with Crippen molar-refractivity contribution >= 4 is 12.2 Å². The molecule has 1 fully saturated rings. The monoisotopic (exact) mass is 246 g/mol. The number of H-pyrrole nitrogens is 1. The smallest absolute Gasteiger partial charge is 0.195 e. The first kappa shape index (κ1) is 10.7. The van der Waals surface area contributed by atoms with E-state index in [2.05, 4.69) is 19.7 Å². The topological polar surface area (TPSA) is 46.5 Å². The fourth-order valence-corrected chi connectivity index (χ4v) is 2.19. The molecule has 17 heavy (non-hydrogen) atoms. The van der Waals surface area contributed by atoms with E-state index in [9.17, 15) is 0 Å². The number of nitrogens with zero attached hydrogens (tertiary/aromatic N) is 3. The third kappa shape index (κ3) is 2.29. The van der Waals surface area contributed by atoms with Gasteiger partial charge in [-0.1, -0.05) is 12.8 Å². The molecule has 2 aromatic heterocycles. The number of hydrogen-bond acceptors (Lipinski definition) is 3. The summed E-state index contributed by atoms with van der Waals surface area (Å²) in [6.45, 7) is 0.956. The largest absolute Gasteiger partial charge is 0.300 e. The molecule has 0 aromatic carbocycles. The van der Waals surface area contributed by atoms with Crippen LogP contribution in [0.2, 0.25) is 0 Å². The van der Waals surface area contributed by atoms with Crippen molar-refractivity contribution in [2.75, 3.05) is 0 Å².